The molecule has 0 aliphatic rings. The van der Waals surface area contributed by atoms with Crippen LogP contribution < -0.4 is 5.43 Å². The Morgan fingerprint density at radius 2 is 1.86 bits per heavy atom. The number of anilines is 1. The Morgan fingerprint density at radius 3 is 2.45 bits per heavy atom. The van der Waals surface area contributed by atoms with Gasteiger partial charge in [0.2, 0.25) is 5.13 Å². The van der Waals surface area contributed by atoms with Crippen LogP contribution in [0.4, 0.5) is 18.3 Å². The van der Waals surface area contributed by atoms with Gasteiger partial charge < -0.3 is 0 Å². The lowest BCUT2D eigenvalue weighted by atomic mass is 9.93. The molecule has 0 atom stereocenters. The van der Waals surface area contributed by atoms with Crippen molar-refractivity contribution in [2.24, 2.45) is 5.10 Å². The molecule has 7 heteroatoms. The summed E-state index contributed by atoms with van der Waals surface area (Å²) >= 11 is 1.36. The maximum atomic E-state index is 12.8. The van der Waals surface area contributed by atoms with Gasteiger partial charge in [0.15, 0.2) is 0 Å². The first-order valence-corrected chi connectivity index (χ1v) is 7.47. The zero-order valence-electron chi connectivity index (χ0n) is 12.4. The van der Waals surface area contributed by atoms with Crippen LogP contribution in [0.3, 0.4) is 0 Å². The third-order valence-corrected chi connectivity index (χ3v) is 3.65. The van der Waals surface area contributed by atoms with Crippen molar-refractivity contribution in [3.05, 3.63) is 46.5 Å². The van der Waals surface area contributed by atoms with Gasteiger partial charge in [-0.05, 0) is 6.07 Å². The van der Waals surface area contributed by atoms with Gasteiger partial charge >= 0.3 is 6.18 Å². The Hall–Kier alpha value is -1.89. The number of benzene rings is 1. The van der Waals surface area contributed by atoms with E-state index in [2.05, 4.69) is 15.5 Å². The monoisotopic (exact) mass is 327 g/mol. The minimum atomic E-state index is -4.40. The highest BCUT2D eigenvalue weighted by Gasteiger charge is 2.32. The van der Waals surface area contributed by atoms with E-state index in [1.807, 2.05) is 26.2 Å². The summed E-state index contributed by atoms with van der Waals surface area (Å²) in [6, 6.07) is 5.29. The van der Waals surface area contributed by atoms with Crippen LogP contribution in [0.25, 0.3) is 0 Å². The van der Waals surface area contributed by atoms with Crippen molar-refractivity contribution in [2.75, 3.05) is 5.43 Å². The zero-order chi connectivity index (χ0) is 16.4. The number of thiazole rings is 1. The topological polar surface area (TPSA) is 37.3 Å². The van der Waals surface area contributed by atoms with Gasteiger partial charge in [-0.3, -0.25) is 5.43 Å². The molecule has 0 spiro atoms. The van der Waals surface area contributed by atoms with Gasteiger partial charge in [-0.2, -0.15) is 18.3 Å². The first kappa shape index (κ1) is 16.5. The van der Waals surface area contributed by atoms with E-state index in [0.29, 0.717) is 5.13 Å². The molecular weight excluding hydrogens is 311 g/mol. The third-order valence-electron chi connectivity index (χ3n) is 2.90. The van der Waals surface area contributed by atoms with Crippen LogP contribution in [0.1, 0.15) is 37.6 Å². The van der Waals surface area contributed by atoms with Crippen molar-refractivity contribution >= 4 is 22.7 Å². The van der Waals surface area contributed by atoms with E-state index in [1.54, 1.807) is 0 Å². The molecule has 2 aromatic rings. The van der Waals surface area contributed by atoms with E-state index >= 15 is 0 Å². The molecule has 0 bridgehead atoms. The molecule has 1 heterocycles. The molecule has 0 aliphatic carbocycles. The van der Waals surface area contributed by atoms with Crippen molar-refractivity contribution in [1.29, 1.82) is 0 Å². The van der Waals surface area contributed by atoms with Crippen LogP contribution in [0.2, 0.25) is 0 Å². The number of alkyl halides is 3. The van der Waals surface area contributed by atoms with Crippen molar-refractivity contribution in [1.82, 2.24) is 4.98 Å². The standard InChI is InChI=1S/C15H16F3N3S/c1-14(2,3)12-9-22-13(20-12)21-19-8-10-6-4-5-7-11(10)15(16,17)18/h4-9H,1-3H3,(H,20,21)/b19-8-. The molecule has 0 unspecified atom stereocenters. The number of hydrazone groups is 1. The molecule has 0 fully saturated rings. The second kappa shape index (κ2) is 6.08. The molecule has 3 nitrogen and oxygen atoms in total. The summed E-state index contributed by atoms with van der Waals surface area (Å²) in [7, 11) is 0. The predicted octanol–water partition coefficient (Wildman–Crippen LogP) is 4.91. The van der Waals surface area contributed by atoms with Crippen LogP contribution in [-0.2, 0) is 11.6 Å². The lowest BCUT2D eigenvalue weighted by Crippen LogP contribution is -2.11. The summed E-state index contributed by atoms with van der Waals surface area (Å²) in [6.07, 6.45) is -3.25. The van der Waals surface area contributed by atoms with Crippen molar-refractivity contribution in [2.45, 2.75) is 32.4 Å². The fraction of sp³-hybridized carbons (Fsp3) is 0.333. The molecule has 0 radical (unpaired) electrons. The van der Waals surface area contributed by atoms with Gasteiger partial charge in [-0.25, -0.2) is 4.98 Å². The highest BCUT2D eigenvalue weighted by molar-refractivity contribution is 7.13. The summed E-state index contributed by atoms with van der Waals surface area (Å²) < 4.78 is 38.5. The number of hydrogen-bond acceptors (Lipinski definition) is 4. The van der Waals surface area contributed by atoms with Crippen molar-refractivity contribution in [3.63, 3.8) is 0 Å². The van der Waals surface area contributed by atoms with Gasteiger partial charge in [0.05, 0.1) is 17.5 Å². The average molecular weight is 327 g/mol. The van der Waals surface area contributed by atoms with E-state index < -0.39 is 11.7 Å². The van der Waals surface area contributed by atoms with E-state index in [9.17, 15) is 13.2 Å². The largest absolute Gasteiger partial charge is 0.417 e. The van der Waals surface area contributed by atoms with E-state index in [-0.39, 0.29) is 11.0 Å². The number of halogens is 3. The Balaban J connectivity index is 2.12. The second-order valence-corrected chi connectivity index (χ2v) is 6.60. The number of hydrogen-bond donors (Lipinski definition) is 1. The SMILES string of the molecule is CC(C)(C)c1csc(N/N=C\c2ccccc2C(F)(F)F)n1. The highest BCUT2D eigenvalue weighted by atomic mass is 32.1. The van der Waals surface area contributed by atoms with Crippen molar-refractivity contribution in [3.8, 4) is 0 Å². The molecule has 2 rings (SSSR count). The Labute approximate surface area is 130 Å². The lowest BCUT2D eigenvalue weighted by Gasteiger charge is -2.13. The molecule has 0 saturated carbocycles. The molecule has 1 aromatic carbocycles. The zero-order valence-corrected chi connectivity index (χ0v) is 13.2. The summed E-state index contributed by atoms with van der Waals surface area (Å²) in [5.41, 5.74) is 2.80. The van der Waals surface area contributed by atoms with E-state index in [1.165, 1.54) is 29.5 Å². The van der Waals surface area contributed by atoms with Gasteiger partial charge in [0.1, 0.15) is 0 Å². The fourth-order valence-corrected chi connectivity index (χ4v) is 2.58. The summed E-state index contributed by atoms with van der Waals surface area (Å²) in [4.78, 5) is 4.36. The Kier molecular flexibility index (Phi) is 4.55. The normalized spacial score (nSPS) is 12.8. The molecule has 1 N–H and O–H groups in total. The number of aromatic nitrogens is 1. The van der Waals surface area contributed by atoms with Crippen LogP contribution in [0.15, 0.2) is 34.7 Å². The van der Waals surface area contributed by atoms with Gasteiger partial charge in [0, 0.05) is 16.4 Å². The number of rotatable bonds is 3. The smallest absolute Gasteiger partial charge is 0.253 e. The first-order chi connectivity index (χ1) is 10.2. The molecular formula is C15H16F3N3S. The minimum absolute atomic E-state index is 0.00935. The van der Waals surface area contributed by atoms with Crippen LogP contribution >= 0.6 is 11.3 Å². The molecule has 118 valence electrons. The first-order valence-electron chi connectivity index (χ1n) is 6.59. The van der Waals surface area contributed by atoms with Crippen LogP contribution in [0, 0.1) is 0 Å². The summed E-state index contributed by atoms with van der Waals surface area (Å²) in [5.74, 6) is 0. The van der Waals surface area contributed by atoms with Crippen LogP contribution in [-0.4, -0.2) is 11.2 Å². The Morgan fingerprint density at radius 1 is 1.18 bits per heavy atom. The molecule has 22 heavy (non-hydrogen) atoms. The second-order valence-electron chi connectivity index (χ2n) is 5.74. The molecule has 0 aliphatic heterocycles. The van der Waals surface area contributed by atoms with Crippen molar-refractivity contribution < 1.29 is 13.2 Å². The average Bonchev–Trinajstić information content (AvgIpc) is 2.87. The van der Waals surface area contributed by atoms with Gasteiger partial charge in [0.25, 0.3) is 0 Å². The number of nitrogens with zero attached hydrogens (tertiary/aromatic N) is 2. The summed E-state index contributed by atoms with van der Waals surface area (Å²) in [6.45, 7) is 6.11. The van der Waals surface area contributed by atoms with Gasteiger partial charge in [-0.15, -0.1) is 11.3 Å². The molecule has 0 amide bonds. The maximum absolute atomic E-state index is 12.8. The maximum Gasteiger partial charge on any atom is 0.417 e. The minimum Gasteiger partial charge on any atom is -0.253 e. The predicted molar refractivity (Wildman–Crippen MR) is 83.5 cm³/mol. The quantitative estimate of drug-likeness (QED) is 0.643. The fourth-order valence-electron chi connectivity index (χ4n) is 1.69. The van der Waals surface area contributed by atoms with Gasteiger partial charge in [-0.1, -0.05) is 39.0 Å². The van der Waals surface area contributed by atoms with E-state index in [4.69, 9.17) is 0 Å². The highest BCUT2D eigenvalue weighted by Crippen LogP contribution is 2.31. The van der Waals surface area contributed by atoms with E-state index in [0.717, 1.165) is 18.0 Å². The Bertz CT molecular complexity index is 669. The lowest BCUT2D eigenvalue weighted by molar-refractivity contribution is -0.137. The summed E-state index contributed by atoms with van der Waals surface area (Å²) in [5, 5.41) is 6.31. The molecule has 0 saturated heterocycles. The third kappa shape index (κ3) is 4.07. The number of nitrogens with one attached hydrogen (secondary N) is 1. The van der Waals surface area contributed by atoms with Crippen LogP contribution in [0.5, 0.6) is 0 Å². The molecule has 1 aromatic heterocycles.